The lowest BCUT2D eigenvalue weighted by Crippen LogP contribution is -2.43. The Labute approximate surface area is 217 Å². The number of sulfone groups is 1. The van der Waals surface area contributed by atoms with Gasteiger partial charge in [-0.3, -0.25) is 19.4 Å². The summed E-state index contributed by atoms with van der Waals surface area (Å²) >= 11 is 1.02. The number of amides is 2. The number of thiophene rings is 1. The Hall–Kier alpha value is -3.70. The van der Waals surface area contributed by atoms with Crippen molar-refractivity contribution >= 4 is 50.3 Å². The molecule has 0 bridgehead atoms. The summed E-state index contributed by atoms with van der Waals surface area (Å²) in [5, 5.41) is 1.61. The number of likely N-dealkylation sites (N-methyl/N-ethyl adjacent to an activating group) is 1. The van der Waals surface area contributed by atoms with E-state index in [0.29, 0.717) is 17.7 Å². The maximum absolute atomic E-state index is 15.1. The fraction of sp³-hybridized carbons (Fsp3) is 0.231. The molecule has 5 rings (SSSR count). The number of fused-ring (bicyclic) bond motifs is 1. The molecule has 2 amide bonds. The first-order valence-electron chi connectivity index (χ1n) is 11.5. The second-order valence-electron chi connectivity index (χ2n) is 8.90. The van der Waals surface area contributed by atoms with Gasteiger partial charge in [-0.2, -0.15) is 0 Å². The molecule has 0 fully saturated rings. The third-order valence-corrected chi connectivity index (χ3v) is 9.42. The van der Waals surface area contributed by atoms with Crippen molar-refractivity contribution in [1.29, 1.82) is 0 Å². The van der Waals surface area contributed by atoms with Gasteiger partial charge in [-0.1, -0.05) is 18.2 Å². The summed E-state index contributed by atoms with van der Waals surface area (Å²) < 4.78 is 39.8. The number of hydrogen-bond donors (Lipinski definition) is 0. The maximum atomic E-state index is 15.1. The van der Waals surface area contributed by atoms with Gasteiger partial charge >= 0.3 is 0 Å². The monoisotopic (exact) mass is 539 g/mol. The zero-order chi connectivity index (χ0) is 26.3. The average Bonchev–Trinajstić information content (AvgIpc) is 3.52. The summed E-state index contributed by atoms with van der Waals surface area (Å²) in [4.78, 5) is 45.8. The number of Topliss-reactive ketones (excluding diaryl/α,β-unsaturated/α-hetero) is 1. The summed E-state index contributed by atoms with van der Waals surface area (Å²) in [5.41, 5.74) is 1.71. The van der Waals surface area contributed by atoms with Gasteiger partial charge in [0.25, 0.3) is 5.91 Å². The average molecular weight is 540 g/mol. The molecule has 11 heteroatoms. The number of imide groups is 1. The normalized spacial score (nSPS) is 15.7. The second-order valence-corrected chi connectivity index (χ2v) is 12.1. The van der Waals surface area contributed by atoms with E-state index in [1.807, 2.05) is 11.9 Å². The van der Waals surface area contributed by atoms with E-state index in [2.05, 4.69) is 4.99 Å². The molecule has 37 heavy (non-hydrogen) atoms. The van der Waals surface area contributed by atoms with E-state index in [-0.39, 0.29) is 28.3 Å². The predicted octanol–water partition coefficient (Wildman–Crippen LogP) is 2.89. The molecule has 0 spiro atoms. The van der Waals surface area contributed by atoms with Gasteiger partial charge in [0.15, 0.2) is 15.6 Å². The van der Waals surface area contributed by atoms with Gasteiger partial charge in [0.05, 0.1) is 18.7 Å². The molecule has 0 N–H and O–H groups in total. The molecule has 8 nitrogen and oxygen atoms in total. The maximum Gasteiger partial charge on any atom is 0.265 e. The highest BCUT2D eigenvalue weighted by Gasteiger charge is 2.34. The van der Waals surface area contributed by atoms with Crippen molar-refractivity contribution in [2.75, 3.05) is 30.8 Å². The standard InChI is InChI=1S/C26H22FN3O5S2/c1-29-9-8-28-25(29)17-5-6-20-18(13-17)14-23(32)30(26(20)33)22-7-4-16(12-21(22)27)11-19(31)15-37(34,35)24-3-2-10-36-24/h2-7,10,12-13H,8-9,11,14-15H2,1H3. The van der Waals surface area contributed by atoms with Crippen molar-refractivity contribution in [3.63, 3.8) is 0 Å². The molecule has 0 unspecified atom stereocenters. The topological polar surface area (TPSA) is 104 Å². The highest BCUT2D eigenvalue weighted by Crippen LogP contribution is 2.29. The van der Waals surface area contributed by atoms with Crippen LogP contribution in [0.1, 0.15) is 27.0 Å². The zero-order valence-electron chi connectivity index (χ0n) is 19.8. The Balaban J connectivity index is 1.34. The number of amidine groups is 1. The van der Waals surface area contributed by atoms with Crippen molar-refractivity contribution in [1.82, 2.24) is 4.90 Å². The molecule has 0 saturated carbocycles. The van der Waals surface area contributed by atoms with E-state index in [0.717, 1.165) is 40.2 Å². The highest BCUT2D eigenvalue weighted by atomic mass is 32.2. The van der Waals surface area contributed by atoms with Gasteiger partial charge in [-0.15, -0.1) is 11.3 Å². The lowest BCUT2D eigenvalue weighted by Gasteiger charge is -2.28. The Morgan fingerprint density at radius 3 is 2.62 bits per heavy atom. The first kappa shape index (κ1) is 25.0. The summed E-state index contributed by atoms with van der Waals surface area (Å²) in [7, 11) is -1.84. The van der Waals surface area contributed by atoms with E-state index < -0.39 is 39.0 Å². The van der Waals surface area contributed by atoms with E-state index in [4.69, 9.17) is 0 Å². The van der Waals surface area contributed by atoms with Gasteiger partial charge in [0.1, 0.15) is 21.6 Å². The van der Waals surface area contributed by atoms with Crippen LogP contribution in [-0.2, 0) is 32.3 Å². The molecule has 2 aliphatic rings. The van der Waals surface area contributed by atoms with Crippen molar-refractivity contribution in [2.45, 2.75) is 17.1 Å². The first-order valence-corrected chi connectivity index (χ1v) is 14.0. The quantitative estimate of drug-likeness (QED) is 0.428. The summed E-state index contributed by atoms with van der Waals surface area (Å²) in [6.45, 7) is 1.48. The number of anilines is 1. The third-order valence-electron chi connectivity index (χ3n) is 6.25. The number of rotatable bonds is 7. The smallest absolute Gasteiger partial charge is 0.265 e. The lowest BCUT2D eigenvalue weighted by molar-refractivity contribution is -0.118. The molecule has 2 aliphatic heterocycles. The van der Waals surface area contributed by atoms with Crippen molar-refractivity contribution < 1.29 is 27.2 Å². The van der Waals surface area contributed by atoms with Gasteiger partial charge in [-0.05, 0) is 46.8 Å². The van der Waals surface area contributed by atoms with Crippen LogP contribution in [-0.4, -0.2) is 62.6 Å². The van der Waals surface area contributed by atoms with E-state index in [1.54, 1.807) is 29.6 Å². The van der Waals surface area contributed by atoms with Gasteiger partial charge in [0.2, 0.25) is 5.91 Å². The number of ketones is 1. The number of aliphatic imine (C=N–C) groups is 1. The Morgan fingerprint density at radius 1 is 1.14 bits per heavy atom. The molecule has 3 aromatic rings. The number of hydrogen-bond acceptors (Lipinski definition) is 8. The Bertz CT molecular complexity index is 1560. The number of nitrogens with zero attached hydrogens (tertiary/aromatic N) is 3. The summed E-state index contributed by atoms with van der Waals surface area (Å²) in [5.74, 6) is -2.54. The molecular formula is C26H22FN3O5S2. The molecule has 0 atom stereocenters. The summed E-state index contributed by atoms with van der Waals surface area (Å²) in [6, 6.07) is 11.9. The van der Waals surface area contributed by atoms with E-state index >= 15 is 4.39 Å². The number of carbonyl (C=O) groups excluding carboxylic acids is 3. The minimum atomic E-state index is -3.76. The SMILES string of the molecule is CN1CCN=C1c1ccc2c(c1)CC(=O)N(c1ccc(CC(=O)CS(=O)(=O)c3cccs3)cc1F)C2=O. The molecular weight excluding hydrogens is 517 g/mol. The highest BCUT2D eigenvalue weighted by molar-refractivity contribution is 7.94. The van der Waals surface area contributed by atoms with Crippen LogP contribution in [0.25, 0.3) is 0 Å². The van der Waals surface area contributed by atoms with E-state index in [9.17, 15) is 22.8 Å². The van der Waals surface area contributed by atoms with Crippen LogP contribution in [0.4, 0.5) is 10.1 Å². The largest absolute Gasteiger partial charge is 0.358 e. The van der Waals surface area contributed by atoms with Crippen LogP contribution in [0.5, 0.6) is 0 Å². The fourth-order valence-electron chi connectivity index (χ4n) is 4.50. The molecule has 3 heterocycles. The van der Waals surface area contributed by atoms with Gasteiger partial charge in [0, 0.05) is 31.1 Å². The number of benzene rings is 2. The Kier molecular flexibility index (Phi) is 6.50. The van der Waals surface area contributed by atoms with Crippen molar-refractivity contribution in [2.24, 2.45) is 4.99 Å². The molecule has 0 aliphatic carbocycles. The lowest BCUT2D eigenvalue weighted by atomic mass is 9.95. The van der Waals surface area contributed by atoms with Crippen LogP contribution < -0.4 is 4.90 Å². The first-order chi connectivity index (χ1) is 17.6. The van der Waals surface area contributed by atoms with Crippen LogP contribution >= 0.6 is 11.3 Å². The van der Waals surface area contributed by atoms with Crippen LogP contribution in [0.15, 0.2) is 63.1 Å². The number of halogens is 1. The number of carbonyl (C=O) groups is 3. The minimum Gasteiger partial charge on any atom is -0.358 e. The molecule has 0 radical (unpaired) electrons. The Morgan fingerprint density at radius 2 is 1.95 bits per heavy atom. The van der Waals surface area contributed by atoms with Crippen molar-refractivity contribution in [3.05, 3.63) is 82.0 Å². The predicted molar refractivity (Wildman–Crippen MR) is 137 cm³/mol. The molecule has 0 saturated heterocycles. The van der Waals surface area contributed by atoms with Crippen LogP contribution in [0, 0.1) is 5.82 Å². The van der Waals surface area contributed by atoms with E-state index in [1.165, 1.54) is 18.2 Å². The van der Waals surface area contributed by atoms with Gasteiger partial charge < -0.3 is 4.90 Å². The van der Waals surface area contributed by atoms with Crippen LogP contribution in [0.2, 0.25) is 0 Å². The fourth-order valence-corrected chi connectivity index (χ4v) is 6.83. The zero-order valence-corrected chi connectivity index (χ0v) is 21.4. The molecule has 190 valence electrons. The summed E-state index contributed by atoms with van der Waals surface area (Å²) in [6.07, 6.45) is -0.375. The second kappa shape index (κ2) is 9.64. The van der Waals surface area contributed by atoms with Crippen LogP contribution in [0.3, 0.4) is 0 Å². The van der Waals surface area contributed by atoms with Crippen molar-refractivity contribution in [3.8, 4) is 0 Å². The molecule has 2 aromatic carbocycles. The van der Waals surface area contributed by atoms with Gasteiger partial charge in [-0.25, -0.2) is 17.7 Å². The minimum absolute atomic E-state index is 0.0772. The molecule has 1 aromatic heterocycles. The third kappa shape index (κ3) is 4.84.